The molecule has 48 valence electrons. The molecule has 0 heterocycles. The van der Waals surface area contributed by atoms with Crippen molar-refractivity contribution in [1.82, 2.24) is 0 Å². The third-order valence-corrected chi connectivity index (χ3v) is 2.23. The van der Waals surface area contributed by atoms with Crippen LogP contribution in [-0.4, -0.2) is 0 Å². The summed E-state index contributed by atoms with van der Waals surface area (Å²) >= 11 is 3.46. The molecule has 1 heteroatoms. The molecular weight excluding hydrogens is 176 g/mol. The molecule has 0 aliphatic heterocycles. The highest BCUT2D eigenvalue weighted by Gasteiger charge is 2.08. The minimum Gasteiger partial charge on any atom is -0.103 e. The van der Waals surface area contributed by atoms with E-state index >= 15 is 0 Å². The fourth-order valence-corrected chi connectivity index (χ4v) is 1.36. The van der Waals surface area contributed by atoms with Gasteiger partial charge in [-0.15, -0.1) is 6.58 Å². The van der Waals surface area contributed by atoms with Gasteiger partial charge in [-0.05, 0) is 6.42 Å². The van der Waals surface area contributed by atoms with Gasteiger partial charge >= 0.3 is 0 Å². The molecule has 0 fully saturated rings. The van der Waals surface area contributed by atoms with Gasteiger partial charge in [-0.1, -0.05) is 40.2 Å². The maximum Gasteiger partial charge on any atom is 0.0122 e. The van der Waals surface area contributed by atoms with Gasteiger partial charge < -0.3 is 0 Å². The van der Waals surface area contributed by atoms with E-state index in [-0.39, 0.29) is 0 Å². The Balaban J connectivity index is 2.52. The standard InChI is InChI=1S/C8H9Br/c1-2-4-7-5-3-6-8(7)9/h2-3,5-7H,1,4H2. The first-order valence-corrected chi connectivity index (χ1v) is 3.78. The lowest BCUT2D eigenvalue weighted by atomic mass is 10.1. The Morgan fingerprint density at radius 1 is 1.78 bits per heavy atom. The van der Waals surface area contributed by atoms with Crippen molar-refractivity contribution in [3.8, 4) is 0 Å². The molecule has 0 saturated heterocycles. The van der Waals surface area contributed by atoms with Crippen LogP contribution in [-0.2, 0) is 0 Å². The molecule has 1 aliphatic rings. The van der Waals surface area contributed by atoms with Gasteiger partial charge in [0.1, 0.15) is 0 Å². The van der Waals surface area contributed by atoms with Crippen molar-refractivity contribution >= 4 is 15.9 Å². The maximum atomic E-state index is 3.68. The zero-order chi connectivity index (χ0) is 6.69. The molecule has 0 aromatic carbocycles. The lowest BCUT2D eigenvalue weighted by Gasteiger charge is -2.02. The van der Waals surface area contributed by atoms with E-state index < -0.39 is 0 Å². The number of rotatable bonds is 2. The molecule has 0 N–H and O–H groups in total. The maximum absolute atomic E-state index is 3.68. The summed E-state index contributed by atoms with van der Waals surface area (Å²) in [5, 5.41) is 0. The fourth-order valence-electron chi connectivity index (χ4n) is 0.868. The van der Waals surface area contributed by atoms with Gasteiger partial charge in [0.2, 0.25) is 0 Å². The minimum atomic E-state index is 0.558. The van der Waals surface area contributed by atoms with Gasteiger partial charge in [-0.3, -0.25) is 0 Å². The van der Waals surface area contributed by atoms with Crippen LogP contribution in [0.1, 0.15) is 6.42 Å². The van der Waals surface area contributed by atoms with E-state index in [0.717, 1.165) is 6.42 Å². The summed E-state index contributed by atoms with van der Waals surface area (Å²) in [5.41, 5.74) is 0. The first kappa shape index (κ1) is 6.81. The molecule has 1 unspecified atom stereocenters. The van der Waals surface area contributed by atoms with E-state index in [1.807, 2.05) is 6.08 Å². The summed E-state index contributed by atoms with van der Waals surface area (Å²) in [5.74, 6) is 0.558. The van der Waals surface area contributed by atoms with Crippen LogP contribution < -0.4 is 0 Å². The minimum absolute atomic E-state index is 0.558. The van der Waals surface area contributed by atoms with Crippen molar-refractivity contribution in [2.45, 2.75) is 6.42 Å². The molecule has 0 bridgehead atoms. The third-order valence-electron chi connectivity index (χ3n) is 1.37. The fraction of sp³-hybridized carbons (Fsp3) is 0.250. The van der Waals surface area contributed by atoms with Crippen LogP contribution in [0.25, 0.3) is 0 Å². The zero-order valence-electron chi connectivity index (χ0n) is 5.18. The molecule has 1 atom stereocenters. The zero-order valence-corrected chi connectivity index (χ0v) is 6.76. The van der Waals surface area contributed by atoms with Crippen molar-refractivity contribution in [1.29, 1.82) is 0 Å². The van der Waals surface area contributed by atoms with E-state index in [2.05, 4.69) is 40.7 Å². The van der Waals surface area contributed by atoms with E-state index in [1.54, 1.807) is 0 Å². The molecular formula is C8H9Br. The lowest BCUT2D eigenvalue weighted by Crippen LogP contribution is -1.88. The molecule has 1 rings (SSSR count). The van der Waals surface area contributed by atoms with Crippen molar-refractivity contribution < 1.29 is 0 Å². The van der Waals surface area contributed by atoms with E-state index in [4.69, 9.17) is 0 Å². The van der Waals surface area contributed by atoms with Crippen LogP contribution in [0.4, 0.5) is 0 Å². The predicted octanol–water partition coefficient (Wildman–Crippen LogP) is 3.03. The van der Waals surface area contributed by atoms with Crippen LogP contribution >= 0.6 is 15.9 Å². The predicted molar refractivity (Wildman–Crippen MR) is 44.5 cm³/mol. The topological polar surface area (TPSA) is 0 Å². The highest BCUT2D eigenvalue weighted by atomic mass is 79.9. The van der Waals surface area contributed by atoms with Crippen LogP contribution in [0.5, 0.6) is 0 Å². The van der Waals surface area contributed by atoms with Crippen molar-refractivity contribution in [3.05, 3.63) is 35.4 Å². The SMILES string of the molecule is C=CCC1C=CC=C1Br. The van der Waals surface area contributed by atoms with Crippen molar-refractivity contribution in [2.24, 2.45) is 5.92 Å². The van der Waals surface area contributed by atoms with Gasteiger partial charge in [-0.25, -0.2) is 0 Å². The summed E-state index contributed by atoms with van der Waals surface area (Å²) < 4.78 is 1.27. The molecule has 0 aromatic heterocycles. The Morgan fingerprint density at radius 3 is 3.00 bits per heavy atom. The van der Waals surface area contributed by atoms with Gasteiger partial charge in [0.25, 0.3) is 0 Å². The third kappa shape index (κ3) is 1.55. The molecule has 0 aromatic rings. The van der Waals surface area contributed by atoms with Crippen LogP contribution in [0.2, 0.25) is 0 Å². The average molecular weight is 185 g/mol. The quantitative estimate of drug-likeness (QED) is 0.580. The molecule has 9 heavy (non-hydrogen) atoms. The highest BCUT2D eigenvalue weighted by molar-refractivity contribution is 9.11. The molecule has 0 spiro atoms. The Hall–Kier alpha value is -0.300. The van der Waals surface area contributed by atoms with E-state index in [0.29, 0.717) is 5.92 Å². The first-order valence-electron chi connectivity index (χ1n) is 2.99. The second-order valence-corrected chi connectivity index (χ2v) is 2.98. The molecule has 0 amide bonds. The highest BCUT2D eigenvalue weighted by Crippen LogP contribution is 2.27. The number of hydrogen-bond donors (Lipinski definition) is 0. The Bertz CT molecular complexity index is 165. The summed E-state index contributed by atoms with van der Waals surface area (Å²) in [6.07, 6.45) is 9.29. The van der Waals surface area contributed by atoms with Gasteiger partial charge in [-0.2, -0.15) is 0 Å². The van der Waals surface area contributed by atoms with Gasteiger partial charge in [0.15, 0.2) is 0 Å². The van der Waals surface area contributed by atoms with Crippen LogP contribution in [0.15, 0.2) is 35.4 Å². The second-order valence-electron chi connectivity index (χ2n) is 2.07. The molecule has 0 nitrogen and oxygen atoms in total. The van der Waals surface area contributed by atoms with E-state index in [1.165, 1.54) is 4.48 Å². The van der Waals surface area contributed by atoms with Gasteiger partial charge in [0.05, 0.1) is 0 Å². The largest absolute Gasteiger partial charge is 0.103 e. The first-order chi connectivity index (χ1) is 4.34. The second kappa shape index (κ2) is 3.02. The summed E-state index contributed by atoms with van der Waals surface area (Å²) in [6.45, 7) is 3.68. The van der Waals surface area contributed by atoms with Crippen LogP contribution in [0.3, 0.4) is 0 Å². The smallest absolute Gasteiger partial charge is 0.0122 e. The lowest BCUT2D eigenvalue weighted by molar-refractivity contribution is 0.837. The Morgan fingerprint density at radius 2 is 2.56 bits per heavy atom. The van der Waals surface area contributed by atoms with Crippen LogP contribution in [0, 0.1) is 5.92 Å². The summed E-state index contributed by atoms with van der Waals surface area (Å²) in [6, 6.07) is 0. The molecule has 1 aliphatic carbocycles. The average Bonchev–Trinajstić information content (AvgIpc) is 2.18. The number of halogens is 1. The van der Waals surface area contributed by atoms with Crippen molar-refractivity contribution in [3.63, 3.8) is 0 Å². The summed E-state index contributed by atoms with van der Waals surface area (Å²) in [4.78, 5) is 0. The summed E-state index contributed by atoms with van der Waals surface area (Å²) in [7, 11) is 0. The Kier molecular flexibility index (Phi) is 2.29. The van der Waals surface area contributed by atoms with Gasteiger partial charge in [0, 0.05) is 10.4 Å². The van der Waals surface area contributed by atoms with Crippen molar-refractivity contribution in [2.75, 3.05) is 0 Å². The monoisotopic (exact) mass is 184 g/mol. The van der Waals surface area contributed by atoms with E-state index in [9.17, 15) is 0 Å². The molecule has 0 saturated carbocycles. The number of hydrogen-bond acceptors (Lipinski definition) is 0. The normalized spacial score (nSPS) is 24.1. The number of allylic oxidation sites excluding steroid dienone is 5. The molecule has 0 radical (unpaired) electrons. The Labute approximate surface area is 64.1 Å².